The molecule has 0 aliphatic rings. The molecule has 1 N–H and O–H groups in total. The van der Waals surface area contributed by atoms with Crippen LogP contribution < -0.4 is 5.32 Å². The van der Waals surface area contributed by atoms with Crippen LogP contribution in [0.4, 0.5) is 14.5 Å². The number of carbonyl (C=O) groups excluding carboxylic acids is 1. The van der Waals surface area contributed by atoms with Crippen LogP contribution in [-0.4, -0.2) is 10.9 Å². The molecular weight excluding hydrogens is 246 g/mol. The van der Waals surface area contributed by atoms with E-state index in [1.165, 1.54) is 5.38 Å². The van der Waals surface area contributed by atoms with E-state index in [4.69, 9.17) is 0 Å². The van der Waals surface area contributed by atoms with Gasteiger partial charge in [-0.2, -0.15) is 0 Å². The van der Waals surface area contributed by atoms with Crippen LogP contribution in [0.3, 0.4) is 0 Å². The first-order valence-corrected chi connectivity index (χ1v) is 5.65. The molecule has 6 heteroatoms. The number of nitrogens with one attached hydrogen (secondary N) is 1. The number of amides is 1. The Morgan fingerprint density at radius 1 is 1.29 bits per heavy atom. The first-order valence-electron chi connectivity index (χ1n) is 4.77. The number of thiazole rings is 1. The molecule has 2 rings (SSSR count). The monoisotopic (exact) mass is 254 g/mol. The Hall–Kier alpha value is -1.82. The third-order valence-electron chi connectivity index (χ3n) is 1.97. The van der Waals surface area contributed by atoms with E-state index in [1.54, 1.807) is 24.3 Å². The van der Waals surface area contributed by atoms with Crippen LogP contribution in [0.5, 0.6) is 0 Å². The number of nitrogens with zero attached hydrogens (tertiary/aromatic N) is 1. The minimum atomic E-state index is -2.65. The Kier molecular flexibility index (Phi) is 3.43. The summed E-state index contributed by atoms with van der Waals surface area (Å²) in [6, 6.07) is 8.76. The summed E-state index contributed by atoms with van der Waals surface area (Å²) in [4.78, 5) is 15.2. The van der Waals surface area contributed by atoms with Gasteiger partial charge >= 0.3 is 0 Å². The highest BCUT2D eigenvalue weighted by Crippen LogP contribution is 2.21. The van der Waals surface area contributed by atoms with Crippen molar-refractivity contribution in [1.82, 2.24) is 4.98 Å². The maximum Gasteiger partial charge on any atom is 0.284 e. The highest BCUT2D eigenvalue weighted by atomic mass is 32.1. The summed E-state index contributed by atoms with van der Waals surface area (Å²) in [7, 11) is 0. The zero-order valence-corrected chi connectivity index (χ0v) is 9.38. The highest BCUT2D eigenvalue weighted by molar-refractivity contribution is 7.11. The molecule has 0 saturated carbocycles. The summed E-state index contributed by atoms with van der Waals surface area (Å²) in [6.45, 7) is 0. The number of rotatable bonds is 3. The van der Waals surface area contributed by atoms with E-state index in [1.807, 2.05) is 6.07 Å². The highest BCUT2D eigenvalue weighted by Gasteiger charge is 2.16. The van der Waals surface area contributed by atoms with E-state index in [-0.39, 0.29) is 10.7 Å². The second-order valence-corrected chi connectivity index (χ2v) is 4.06. The van der Waals surface area contributed by atoms with Gasteiger partial charge < -0.3 is 5.32 Å². The molecule has 0 unspecified atom stereocenters. The summed E-state index contributed by atoms with van der Waals surface area (Å²) in [5.41, 5.74) is 0.236. The minimum absolute atomic E-state index is 0.0316. The van der Waals surface area contributed by atoms with Crippen molar-refractivity contribution in [1.29, 1.82) is 0 Å². The Morgan fingerprint density at radius 3 is 2.59 bits per heavy atom. The largest absolute Gasteiger partial charge is 0.320 e. The number of hydrogen-bond acceptors (Lipinski definition) is 3. The molecule has 2 aromatic rings. The first kappa shape index (κ1) is 11.7. The van der Waals surface area contributed by atoms with Crippen molar-refractivity contribution < 1.29 is 13.6 Å². The van der Waals surface area contributed by atoms with Crippen molar-refractivity contribution in [2.24, 2.45) is 0 Å². The standard InChI is InChI=1S/C11H8F2N2OS/c12-9(13)8-6-17-11(15-8)10(16)14-7-4-2-1-3-5-7/h1-6,9H,(H,14,16). The summed E-state index contributed by atoms with van der Waals surface area (Å²) in [5, 5.41) is 3.79. The SMILES string of the molecule is O=C(Nc1ccccc1)c1nc(C(F)F)cs1. The van der Waals surface area contributed by atoms with Gasteiger partial charge in [0, 0.05) is 11.1 Å². The summed E-state index contributed by atoms with van der Waals surface area (Å²) in [5.74, 6) is -0.479. The van der Waals surface area contributed by atoms with E-state index < -0.39 is 12.3 Å². The maximum atomic E-state index is 12.3. The van der Waals surface area contributed by atoms with Gasteiger partial charge in [0.1, 0.15) is 5.69 Å². The van der Waals surface area contributed by atoms with Crippen LogP contribution >= 0.6 is 11.3 Å². The van der Waals surface area contributed by atoms with Crippen LogP contribution in [-0.2, 0) is 0 Å². The molecule has 3 nitrogen and oxygen atoms in total. The molecule has 0 saturated heterocycles. The van der Waals surface area contributed by atoms with Crippen molar-refractivity contribution in [3.63, 3.8) is 0 Å². The molecule has 1 aromatic carbocycles. The van der Waals surface area contributed by atoms with Crippen molar-refractivity contribution in [3.05, 3.63) is 46.4 Å². The number of hydrogen-bond donors (Lipinski definition) is 1. The van der Waals surface area contributed by atoms with E-state index >= 15 is 0 Å². The van der Waals surface area contributed by atoms with E-state index in [2.05, 4.69) is 10.3 Å². The fourth-order valence-electron chi connectivity index (χ4n) is 1.20. The molecule has 1 aromatic heterocycles. The van der Waals surface area contributed by atoms with Gasteiger partial charge in [0.05, 0.1) is 0 Å². The number of alkyl halides is 2. The lowest BCUT2D eigenvalue weighted by Crippen LogP contribution is -2.11. The van der Waals surface area contributed by atoms with Gasteiger partial charge in [-0.15, -0.1) is 11.3 Å². The van der Waals surface area contributed by atoms with Crippen LogP contribution in [0.2, 0.25) is 0 Å². The molecule has 1 heterocycles. The molecule has 1 amide bonds. The lowest BCUT2D eigenvalue weighted by atomic mass is 10.3. The van der Waals surface area contributed by atoms with E-state index in [0.717, 1.165) is 11.3 Å². The fourth-order valence-corrected chi connectivity index (χ4v) is 1.90. The predicted octanol–water partition coefficient (Wildman–Crippen LogP) is 3.33. The van der Waals surface area contributed by atoms with Crippen LogP contribution in [0.15, 0.2) is 35.7 Å². The fraction of sp³-hybridized carbons (Fsp3) is 0.0909. The van der Waals surface area contributed by atoms with Crippen molar-refractivity contribution in [2.45, 2.75) is 6.43 Å². The third kappa shape index (κ3) is 2.85. The van der Waals surface area contributed by atoms with E-state index in [0.29, 0.717) is 5.69 Å². The average molecular weight is 254 g/mol. The molecule has 0 aliphatic heterocycles. The topological polar surface area (TPSA) is 42.0 Å². The Labute approximate surface area is 100 Å². The normalized spacial score (nSPS) is 10.5. The average Bonchev–Trinajstić information content (AvgIpc) is 2.79. The van der Waals surface area contributed by atoms with Gasteiger partial charge in [0.15, 0.2) is 5.01 Å². The molecule has 0 spiro atoms. The summed E-state index contributed by atoms with van der Waals surface area (Å²) < 4.78 is 24.6. The van der Waals surface area contributed by atoms with Gasteiger partial charge in [-0.05, 0) is 12.1 Å². The summed E-state index contributed by atoms with van der Waals surface area (Å²) in [6.07, 6.45) is -2.65. The van der Waals surface area contributed by atoms with Gasteiger partial charge in [0.25, 0.3) is 12.3 Å². The first-order chi connectivity index (χ1) is 8.16. The van der Waals surface area contributed by atoms with Gasteiger partial charge in [-0.3, -0.25) is 4.79 Å². The second-order valence-electron chi connectivity index (χ2n) is 3.20. The lowest BCUT2D eigenvalue weighted by molar-refractivity contribution is 0.102. The smallest absolute Gasteiger partial charge is 0.284 e. The molecule has 0 radical (unpaired) electrons. The molecule has 0 atom stereocenters. The number of carbonyl (C=O) groups is 1. The maximum absolute atomic E-state index is 12.3. The Bertz CT molecular complexity index is 513. The van der Waals surface area contributed by atoms with Crippen molar-refractivity contribution in [2.75, 3.05) is 5.32 Å². The quantitative estimate of drug-likeness (QED) is 0.912. The second kappa shape index (κ2) is 5.01. The molecule has 17 heavy (non-hydrogen) atoms. The van der Waals surface area contributed by atoms with Gasteiger partial charge in [-0.25, -0.2) is 13.8 Å². The molecule has 88 valence electrons. The van der Waals surface area contributed by atoms with Crippen molar-refractivity contribution >= 4 is 22.9 Å². The van der Waals surface area contributed by atoms with Crippen molar-refractivity contribution in [3.8, 4) is 0 Å². The van der Waals surface area contributed by atoms with Gasteiger partial charge in [0.2, 0.25) is 0 Å². The van der Waals surface area contributed by atoms with Crippen LogP contribution in [0.25, 0.3) is 0 Å². The van der Waals surface area contributed by atoms with Gasteiger partial charge in [-0.1, -0.05) is 18.2 Å². The molecular formula is C11H8F2N2OS. The van der Waals surface area contributed by atoms with Crippen LogP contribution in [0, 0.1) is 0 Å². The molecule has 0 bridgehead atoms. The zero-order valence-electron chi connectivity index (χ0n) is 8.56. The number of anilines is 1. The number of benzene rings is 1. The third-order valence-corrected chi connectivity index (χ3v) is 2.83. The zero-order chi connectivity index (χ0) is 12.3. The van der Waals surface area contributed by atoms with Crippen LogP contribution in [0.1, 0.15) is 21.9 Å². The number of para-hydroxylation sites is 1. The molecule has 0 aliphatic carbocycles. The summed E-state index contributed by atoms with van der Waals surface area (Å²) >= 11 is 0.902. The lowest BCUT2D eigenvalue weighted by Gasteiger charge is -2.01. The number of aromatic nitrogens is 1. The Balaban J connectivity index is 2.10. The van der Waals surface area contributed by atoms with E-state index in [9.17, 15) is 13.6 Å². The molecule has 0 fully saturated rings. The number of halogens is 2. The predicted molar refractivity (Wildman–Crippen MR) is 61.5 cm³/mol. The minimum Gasteiger partial charge on any atom is -0.320 e. The Morgan fingerprint density at radius 2 is 2.00 bits per heavy atom.